The number of ether oxygens (including phenoxy) is 1. The van der Waals surface area contributed by atoms with Crippen LogP contribution < -0.4 is 10.1 Å². The number of carbonyl (C=O) groups is 2. The fourth-order valence-electron chi connectivity index (χ4n) is 3.04. The van der Waals surface area contributed by atoms with Crippen LogP contribution in [0, 0.1) is 0 Å². The van der Waals surface area contributed by atoms with Crippen molar-refractivity contribution in [1.29, 1.82) is 0 Å². The van der Waals surface area contributed by atoms with E-state index >= 15 is 0 Å². The molecule has 0 bridgehead atoms. The van der Waals surface area contributed by atoms with Gasteiger partial charge in [0.25, 0.3) is 11.8 Å². The van der Waals surface area contributed by atoms with Crippen molar-refractivity contribution in [2.24, 2.45) is 0 Å². The number of nitrogens with one attached hydrogen (secondary N) is 1. The minimum atomic E-state index is -0.224. The molecule has 0 unspecified atom stereocenters. The molecule has 5 nitrogen and oxygen atoms in total. The smallest absolute Gasteiger partial charge is 0.261 e. The van der Waals surface area contributed by atoms with Crippen LogP contribution in [0.1, 0.15) is 34.1 Å². The lowest BCUT2D eigenvalue weighted by atomic mass is 9.93. The van der Waals surface area contributed by atoms with E-state index in [1.165, 1.54) is 4.90 Å². The quantitative estimate of drug-likeness (QED) is 0.657. The maximum Gasteiger partial charge on any atom is 0.261 e. The monoisotopic (exact) mass is 312 g/mol. The molecule has 0 aliphatic carbocycles. The van der Waals surface area contributed by atoms with Crippen LogP contribution in [0.2, 0.25) is 0 Å². The van der Waals surface area contributed by atoms with Crippen LogP contribution in [-0.2, 0) is 0 Å². The van der Waals surface area contributed by atoms with Crippen LogP contribution in [0.15, 0.2) is 30.3 Å². The summed E-state index contributed by atoms with van der Waals surface area (Å²) >= 11 is 0. The van der Waals surface area contributed by atoms with Gasteiger partial charge in [-0.1, -0.05) is 19.1 Å². The highest BCUT2D eigenvalue weighted by Crippen LogP contribution is 2.35. The SMILES string of the molecule is CCNCCCN1C(=O)c2cccc3c(OC)ccc(c23)C1=O. The Morgan fingerprint density at radius 1 is 1.09 bits per heavy atom. The summed E-state index contributed by atoms with van der Waals surface area (Å²) in [4.78, 5) is 26.8. The molecule has 0 atom stereocenters. The molecule has 1 N–H and O–H groups in total. The Bertz CT molecular complexity index is 748. The molecular formula is C18H20N2O3. The second-order valence-electron chi connectivity index (χ2n) is 5.51. The summed E-state index contributed by atoms with van der Waals surface area (Å²) in [6.07, 6.45) is 0.743. The molecule has 3 rings (SSSR count). The second kappa shape index (κ2) is 6.38. The van der Waals surface area contributed by atoms with Gasteiger partial charge in [0.2, 0.25) is 0 Å². The first-order chi connectivity index (χ1) is 11.2. The molecule has 1 aliphatic rings. The molecule has 23 heavy (non-hydrogen) atoms. The Labute approximate surface area is 135 Å². The normalized spacial score (nSPS) is 13.7. The van der Waals surface area contributed by atoms with Crippen molar-refractivity contribution in [2.75, 3.05) is 26.7 Å². The lowest BCUT2D eigenvalue weighted by Gasteiger charge is -2.27. The molecule has 5 heteroatoms. The van der Waals surface area contributed by atoms with Gasteiger partial charge in [-0.25, -0.2) is 0 Å². The minimum Gasteiger partial charge on any atom is -0.496 e. The van der Waals surface area contributed by atoms with Crippen LogP contribution in [0.5, 0.6) is 5.75 Å². The number of hydrogen-bond acceptors (Lipinski definition) is 4. The average Bonchev–Trinajstić information content (AvgIpc) is 2.58. The molecule has 0 radical (unpaired) electrons. The van der Waals surface area contributed by atoms with Crippen molar-refractivity contribution in [2.45, 2.75) is 13.3 Å². The molecule has 2 amide bonds. The Morgan fingerprint density at radius 2 is 1.83 bits per heavy atom. The highest BCUT2D eigenvalue weighted by Gasteiger charge is 2.32. The highest BCUT2D eigenvalue weighted by molar-refractivity contribution is 6.26. The van der Waals surface area contributed by atoms with Gasteiger partial charge in [0.1, 0.15) is 5.75 Å². The van der Waals surface area contributed by atoms with E-state index in [0.717, 1.165) is 24.9 Å². The molecule has 0 saturated carbocycles. The zero-order valence-electron chi connectivity index (χ0n) is 13.4. The zero-order chi connectivity index (χ0) is 16.4. The maximum absolute atomic E-state index is 12.7. The van der Waals surface area contributed by atoms with Gasteiger partial charge in [0, 0.05) is 28.4 Å². The zero-order valence-corrected chi connectivity index (χ0v) is 13.4. The lowest BCUT2D eigenvalue weighted by Crippen LogP contribution is -2.41. The number of nitrogens with zero attached hydrogens (tertiary/aromatic N) is 1. The standard InChI is InChI=1S/C18H20N2O3/c1-3-19-10-5-11-20-17(21)13-7-4-6-12-15(23-2)9-8-14(16(12)13)18(20)22/h4,6-9,19H,3,5,10-11H2,1-2H3. The molecule has 0 saturated heterocycles. The van der Waals surface area contributed by atoms with Gasteiger partial charge >= 0.3 is 0 Å². The molecule has 0 aromatic heterocycles. The molecular weight excluding hydrogens is 292 g/mol. The van der Waals surface area contributed by atoms with Gasteiger partial charge < -0.3 is 10.1 Å². The van der Waals surface area contributed by atoms with Crippen LogP contribution in [0.25, 0.3) is 10.8 Å². The third-order valence-corrected chi connectivity index (χ3v) is 4.16. The van der Waals surface area contributed by atoms with Gasteiger partial charge in [0.05, 0.1) is 7.11 Å². The molecule has 1 heterocycles. The highest BCUT2D eigenvalue weighted by atomic mass is 16.5. The number of imide groups is 1. The minimum absolute atomic E-state index is 0.224. The summed E-state index contributed by atoms with van der Waals surface area (Å²) in [5.41, 5.74) is 1.14. The summed E-state index contributed by atoms with van der Waals surface area (Å²) in [7, 11) is 1.59. The number of benzene rings is 2. The number of amides is 2. The molecule has 2 aromatic carbocycles. The van der Waals surface area contributed by atoms with Gasteiger partial charge in [-0.15, -0.1) is 0 Å². The second-order valence-corrected chi connectivity index (χ2v) is 5.51. The fraction of sp³-hybridized carbons (Fsp3) is 0.333. The fourth-order valence-corrected chi connectivity index (χ4v) is 3.04. The Balaban J connectivity index is 2.01. The first kappa shape index (κ1) is 15.5. The van der Waals surface area contributed by atoms with E-state index in [-0.39, 0.29) is 11.8 Å². The van der Waals surface area contributed by atoms with Gasteiger partial charge in [-0.05, 0) is 37.7 Å². The third kappa shape index (κ3) is 2.57. The first-order valence-electron chi connectivity index (χ1n) is 7.85. The summed E-state index contributed by atoms with van der Waals surface area (Å²) in [6.45, 7) is 4.12. The summed E-state index contributed by atoms with van der Waals surface area (Å²) in [5, 5.41) is 4.71. The average molecular weight is 312 g/mol. The summed E-state index contributed by atoms with van der Waals surface area (Å²) in [5.74, 6) is 0.225. The Morgan fingerprint density at radius 3 is 2.52 bits per heavy atom. The number of carbonyl (C=O) groups excluding carboxylic acids is 2. The van der Waals surface area contributed by atoms with Crippen molar-refractivity contribution in [3.05, 3.63) is 41.5 Å². The van der Waals surface area contributed by atoms with Crippen LogP contribution in [-0.4, -0.2) is 43.5 Å². The Hall–Kier alpha value is -2.40. The first-order valence-corrected chi connectivity index (χ1v) is 7.85. The number of rotatable bonds is 6. The predicted octanol–water partition coefficient (Wildman–Crippen LogP) is 2.44. The predicted molar refractivity (Wildman–Crippen MR) is 89.0 cm³/mol. The van der Waals surface area contributed by atoms with Gasteiger partial charge in [-0.3, -0.25) is 14.5 Å². The lowest BCUT2D eigenvalue weighted by molar-refractivity contribution is 0.0609. The number of methoxy groups -OCH3 is 1. The van der Waals surface area contributed by atoms with Crippen LogP contribution in [0.4, 0.5) is 0 Å². The van der Waals surface area contributed by atoms with E-state index in [4.69, 9.17) is 4.74 Å². The van der Waals surface area contributed by atoms with E-state index in [2.05, 4.69) is 5.32 Å². The van der Waals surface area contributed by atoms with E-state index in [1.807, 2.05) is 19.1 Å². The summed E-state index contributed by atoms with van der Waals surface area (Å²) < 4.78 is 5.35. The van der Waals surface area contributed by atoms with Gasteiger partial charge in [-0.2, -0.15) is 0 Å². The van der Waals surface area contributed by atoms with Crippen LogP contribution in [0.3, 0.4) is 0 Å². The van der Waals surface area contributed by atoms with Crippen molar-refractivity contribution < 1.29 is 14.3 Å². The van der Waals surface area contributed by atoms with E-state index in [0.29, 0.717) is 28.8 Å². The molecule has 1 aliphatic heterocycles. The van der Waals surface area contributed by atoms with E-state index in [1.54, 1.807) is 25.3 Å². The van der Waals surface area contributed by atoms with Crippen molar-refractivity contribution >= 4 is 22.6 Å². The molecule has 2 aromatic rings. The van der Waals surface area contributed by atoms with E-state index < -0.39 is 0 Å². The molecule has 0 fully saturated rings. The topological polar surface area (TPSA) is 58.6 Å². The largest absolute Gasteiger partial charge is 0.496 e. The van der Waals surface area contributed by atoms with Crippen molar-refractivity contribution in [3.63, 3.8) is 0 Å². The molecule has 120 valence electrons. The Kier molecular flexibility index (Phi) is 4.30. The maximum atomic E-state index is 12.7. The molecule has 0 spiro atoms. The third-order valence-electron chi connectivity index (χ3n) is 4.16. The van der Waals surface area contributed by atoms with Gasteiger partial charge in [0.15, 0.2) is 0 Å². The van der Waals surface area contributed by atoms with E-state index in [9.17, 15) is 9.59 Å². The van der Waals surface area contributed by atoms with Crippen LogP contribution >= 0.6 is 0 Å². The number of hydrogen-bond donors (Lipinski definition) is 1. The summed E-state index contributed by atoms with van der Waals surface area (Å²) in [6, 6.07) is 9.01. The van der Waals surface area contributed by atoms with Crippen molar-refractivity contribution in [3.8, 4) is 5.75 Å². The van der Waals surface area contributed by atoms with Crippen molar-refractivity contribution in [1.82, 2.24) is 10.2 Å².